The maximum absolute atomic E-state index is 12.4. The summed E-state index contributed by atoms with van der Waals surface area (Å²) in [7, 11) is -3.58. The molecule has 0 bridgehead atoms. The number of hydrogen-bond donors (Lipinski definition) is 0. The van der Waals surface area contributed by atoms with Crippen LogP contribution in [-0.4, -0.2) is 32.2 Å². The minimum absolute atomic E-state index is 0.358. The van der Waals surface area contributed by atoms with Gasteiger partial charge in [-0.3, -0.25) is 0 Å². The van der Waals surface area contributed by atoms with Gasteiger partial charge in [-0.2, -0.15) is 8.42 Å². The number of amidine groups is 1. The highest BCUT2D eigenvalue weighted by atomic mass is 32.2. The van der Waals surface area contributed by atoms with Crippen LogP contribution in [0.3, 0.4) is 0 Å². The zero-order valence-electron chi connectivity index (χ0n) is 12.4. The molecule has 4 nitrogen and oxygen atoms in total. The van der Waals surface area contributed by atoms with Crippen LogP contribution in [-0.2, 0) is 10.0 Å². The maximum atomic E-state index is 12.4. The highest BCUT2D eigenvalue weighted by Gasteiger charge is 2.34. The Hall–Kier alpha value is -1.62. The predicted octanol–water partition coefficient (Wildman–Crippen LogP) is 2.89. The van der Waals surface area contributed by atoms with Gasteiger partial charge in [-0.25, -0.2) is 0 Å². The topological polar surface area (TPSA) is 49.7 Å². The van der Waals surface area contributed by atoms with Crippen molar-refractivity contribution in [2.75, 3.05) is 13.1 Å². The average Bonchev–Trinajstić information content (AvgIpc) is 2.70. The molecule has 2 aliphatic rings. The lowest BCUT2D eigenvalue weighted by molar-refractivity contribution is 0.281. The zero-order chi connectivity index (χ0) is 15.0. The largest absolute Gasteiger partial charge is 0.356 e. The molecule has 1 aromatic carbocycles. The van der Waals surface area contributed by atoms with E-state index in [0.29, 0.717) is 16.7 Å². The van der Waals surface area contributed by atoms with Crippen LogP contribution in [0, 0.1) is 5.92 Å². The fourth-order valence-corrected chi connectivity index (χ4v) is 4.48. The minimum Gasteiger partial charge on any atom is -0.356 e. The van der Waals surface area contributed by atoms with Crippen molar-refractivity contribution in [2.45, 2.75) is 26.7 Å². The summed E-state index contributed by atoms with van der Waals surface area (Å²) in [5.41, 5.74) is 1.50. The van der Waals surface area contributed by atoms with E-state index in [1.54, 1.807) is 0 Å². The average molecular weight is 304 g/mol. The summed E-state index contributed by atoms with van der Waals surface area (Å²) in [6.45, 7) is 5.87. The Morgan fingerprint density at radius 2 is 1.76 bits per heavy atom. The summed E-state index contributed by atoms with van der Waals surface area (Å²) in [5, 5.41) is 0. The quantitative estimate of drug-likeness (QED) is 0.801. The Labute approximate surface area is 126 Å². The zero-order valence-corrected chi connectivity index (χ0v) is 13.2. The van der Waals surface area contributed by atoms with Crippen LogP contribution in [0.15, 0.2) is 40.3 Å². The molecule has 0 unspecified atom stereocenters. The molecule has 21 heavy (non-hydrogen) atoms. The Balaban J connectivity index is 1.99. The van der Waals surface area contributed by atoms with E-state index in [1.807, 2.05) is 37.3 Å². The number of piperidine rings is 1. The van der Waals surface area contributed by atoms with E-state index in [0.717, 1.165) is 37.1 Å². The van der Waals surface area contributed by atoms with E-state index in [9.17, 15) is 8.42 Å². The van der Waals surface area contributed by atoms with Crippen LogP contribution in [0.2, 0.25) is 0 Å². The lowest BCUT2D eigenvalue weighted by Gasteiger charge is -2.31. The lowest BCUT2D eigenvalue weighted by atomic mass is 9.98. The summed E-state index contributed by atoms with van der Waals surface area (Å²) in [6.07, 6.45) is 2.18. The van der Waals surface area contributed by atoms with Crippen molar-refractivity contribution >= 4 is 20.8 Å². The first-order valence-electron chi connectivity index (χ1n) is 7.35. The van der Waals surface area contributed by atoms with Crippen molar-refractivity contribution in [1.82, 2.24) is 4.90 Å². The van der Waals surface area contributed by atoms with Crippen molar-refractivity contribution in [1.29, 1.82) is 0 Å². The molecular formula is C16H20N2O2S. The van der Waals surface area contributed by atoms with Gasteiger partial charge in [-0.05, 0) is 31.2 Å². The number of hydrogen-bond acceptors (Lipinski definition) is 3. The van der Waals surface area contributed by atoms with E-state index < -0.39 is 10.0 Å². The van der Waals surface area contributed by atoms with Crippen LogP contribution < -0.4 is 0 Å². The molecule has 0 saturated carbocycles. The van der Waals surface area contributed by atoms with Crippen LogP contribution in [0.5, 0.6) is 0 Å². The molecule has 0 spiro atoms. The SMILES string of the molecule is CC1=C(c2ccccc2)S(=O)(=O)N=C1N1CCC(C)CC1. The first kappa shape index (κ1) is 14.3. The highest BCUT2D eigenvalue weighted by molar-refractivity contribution is 8.00. The standard InChI is InChI=1S/C16H20N2O2S/c1-12-8-10-18(11-9-12)16-13(2)15(21(19,20)17-16)14-6-4-3-5-7-14/h3-7,12H,8-11H2,1-2H3. The second-order valence-electron chi connectivity index (χ2n) is 5.88. The molecule has 5 heteroatoms. The van der Waals surface area contributed by atoms with Crippen molar-refractivity contribution in [3.63, 3.8) is 0 Å². The summed E-state index contributed by atoms with van der Waals surface area (Å²) < 4.78 is 28.9. The predicted molar refractivity (Wildman–Crippen MR) is 85.4 cm³/mol. The molecule has 0 aromatic heterocycles. The second-order valence-corrected chi connectivity index (χ2v) is 7.42. The molecule has 2 aliphatic heterocycles. The van der Waals surface area contributed by atoms with Gasteiger partial charge in [0.1, 0.15) is 10.7 Å². The summed E-state index contributed by atoms with van der Waals surface area (Å²) >= 11 is 0. The minimum atomic E-state index is -3.58. The Morgan fingerprint density at radius 3 is 2.38 bits per heavy atom. The molecule has 0 aliphatic carbocycles. The number of rotatable bonds is 1. The van der Waals surface area contributed by atoms with Crippen LogP contribution >= 0.6 is 0 Å². The van der Waals surface area contributed by atoms with Gasteiger partial charge >= 0.3 is 0 Å². The Morgan fingerprint density at radius 1 is 1.14 bits per heavy atom. The number of nitrogens with zero attached hydrogens (tertiary/aromatic N) is 2. The second kappa shape index (κ2) is 5.30. The summed E-state index contributed by atoms with van der Waals surface area (Å²) in [5.74, 6) is 1.35. The van der Waals surface area contributed by atoms with Crippen molar-refractivity contribution in [3.05, 3.63) is 41.5 Å². The third-order valence-electron chi connectivity index (χ3n) is 4.26. The molecule has 112 valence electrons. The van der Waals surface area contributed by atoms with Gasteiger partial charge in [0.2, 0.25) is 0 Å². The fourth-order valence-electron chi connectivity index (χ4n) is 2.99. The smallest absolute Gasteiger partial charge is 0.285 e. The van der Waals surface area contributed by atoms with E-state index in [2.05, 4.69) is 16.2 Å². The van der Waals surface area contributed by atoms with E-state index >= 15 is 0 Å². The van der Waals surface area contributed by atoms with Crippen molar-refractivity contribution in [2.24, 2.45) is 10.3 Å². The molecule has 3 rings (SSSR count). The van der Waals surface area contributed by atoms with E-state index in [-0.39, 0.29) is 0 Å². The molecule has 1 saturated heterocycles. The van der Waals surface area contributed by atoms with Crippen molar-refractivity contribution < 1.29 is 8.42 Å². The number of benzene rings is 1. The Bertz CT molecular complexity index is 697. The molecule has 0 radical (unpaired) electrons. The lowest BCUT2D eigenvalue weighted by Crippen LogP contribution is -2.37. The van der Waals surface area contributed by atoms with E-state index in [4.69, 9.17) is 0 Å². The van der Waals surface area contributed by atoms with Gasteiger partial charge < -0.3 is 4.90 Å². The molecule has 2 heterocycles. The molecule has 0 atom stereocenters. The van der Waals surface area contributed by atoms with Gasteiger partial charge in [0, 0.05) is 18.7 Å². The fraction of sp³-hybridized carbons (Fsp3) is 0.438. The monoisotopic (exact) mass is 304 g/mol. The summed E-state index contributed by atoms with van der Waals surface area (Å²) in [4.78, 5) is 2.47. The maximum Gasteiger partial charge on any atom is 0.285 e. The van der Waals surface area contributed by atoms with E-state index in [1.165, 1.54) is 0 Å². The molecule has 1 fully saturated rings. The molecule has 0 N–H and O–H groups in total. The third-order valence-corrected chi connectivity index (χ3v) is 5.73. The molecular weight excluding hydrogens is 284 g/mol. The van der Waals surface area contributed by atoms with Gasteiger partial charge in [0.25, 0.3) is 10.0 Å². The van der Waals surface area contributed by atoms with Gasteiger partial charge in [0.05, 0.1) is 0 Å². The van der Waals surface area contributed by atoms with Gasteiger partial charge in [0.15, 0.2) is 0 Å². The summed E-state index contributed by atoms with van der Waals surface area (Å²) in [6, 6.07) is 9.24. The van der Waals surface area contributed by atoms with Crippen molar-refractivity contribution in [3.8, 4) is 0 Å². The Kier molecular flexibility index (Phi) is 3.61. The molecule has 0 amide bonds. The number of likely N-dealkylation sites (tertiary alicyclic amines) is 1. The third kappa shape index (κ3) is 2.62. The number of sulfonamides is 1. The first-order chi connectivity index (χ1) is 9.99. The highest BCUT2D eigenvalue weighted by Crippen LogP contribution is 2.34. The van der Waals surface area contributed by atoms with Gasteiger partial charge in [-0.1, -0.05) is 37.3 Å². The molecule has 1 aromatic rings. The van der Waals surface area contributed by atoms with Crippen LogP contribution in [0.4, 0.5) is 0 Å². The van der Waals surface area contributed by atoms with Crippen LogP contribution in [0.25, 0.3) is 4.91 Å². The van der Waals surface area contributed by atoms with Gasteiger partial charge in [-0.15, -0.1) is 4.40 Å². The normalized spacial score (nSPS) is 22.6. The van der Waals surface area contributed by atoms with Crippen LogP contribution in [0.1, 0.15) is 32.3 Å². The first-order valence-corrected chi connectivity index (χ1v) is 8.79.